The van der Waals surface area contributed by atoms with Crippen molar-refractivity contribution in [1.29, 1.82) is 0 Å². The fourth-order valence-electron chi connectivity index (χ4n) is 1.44. The van der Waals surface area contributed by atoms with Gasteiger partial charge in [0.15, 0.2) is 6.10 Å². The molecule has 2 atom stereocenters. The quantitative estimate of drug-likeness (QED) is 0.849. The lowest BCUT2D eigenvalue weighted by atomic mass is 10.1. The summed E-state index contributed by atoms with van der Waals surface area (Å²) in [6, 6.07) is 4.61. The van der Waals surface area contributed by atoms with Gasteiger partial charge in [-0.1, -0.05) is 6.07 Å². The number of carboxylic acids is 1. The monoisotopic (exact) mass is 265 g/mol. The van der Waals surface area contributed by atoms with E-state index < -0.39 is 24.0 Å². The summed E-state index contributed by atoms with van der Waals surface area (Å²) in [6.45, 7) is 6.94. The van der Waals surface area contributed by atoms with Gasteiger partial charge in [0.05, 0.1) is 0 Å². The van der Waals surface area contributed by atoms with Crippen molar-refractivity contribution in [2.24, 2.45) is 0 Å². The van der Waals surface area contributed by atoms with Gasteiger partial charge in [0.25, 0.3) is 5.91 Å². The molecular formula is C14H19NO4. The van der Waals surface area contributed by atoms with Crippen LogP contribution in [-0.2, 0) is 9.59 Å². The predicted octanol–water partition coefficient (Wildman–Crippen LogP) is 1.66. The number of ether oxygens (including phenoxy) is 1. The van der Waals surface area contributed by atoms with Crippen LogP contribution in [0.2, 0.25) is 0 Å². The van der Waals surface area contributed by atoms with Gasteiger partial charge in [0, 0.05) is 0 Å². The number of aliphatic carboxylic acids is 1. The third kappa shape index (κ3) is 4.28. The van der Waals surface area contributed by atoms with Gasteiger partial charge in [-0.05, 0) is 51.0 Å². The maximum Gasteiger partial charge on any atom is 0.325 e. The lowest BCUT2D eigenvalue weighted by Gasteiger charge is -2.17. The zero-order valence-corrected chi connectivity index (χ0v) is 11.6. The highest BCUT2D eigenvalue weighted by Gasteiger charge is 2.20. The fraction of sp³-hybridized carbons (Fsp3) is 0.429. The highest BCUT2D eigenvalue weighted by Crippen LogP contribution is 2.17. The molecule has 0 saturated heterocycles. The van der Waals surface area contributed by atoms with E-state index in [9.17, 15) is 9.59 Å². The minimum Gasteiger partial charge on any atom is -0.481 e. The topological polar surface area (TPSA) is 75.6 Å². The number of carbonyl (C=O) groups is 2. The van der Waals surface area contributed by atoms with Crippen molar-refractivity contribution in [3.8, 4) is 5.75 Å². The summed E-state index contributed by atoms with van der Waals surface area (Å²) in [5.74, 6) is -0.936. The Morgan fingerprint density at radius 3 is 2.37 bits per heavy atom. The van der Waals surface area contributed by atoms with Crippen molar-refractivity contribution in [2.45, 2.75) is 39.8 Å². The molecule has 5 nitrogen and oxygen atoms in total. The Balaban J connectivity index is 2.63. The van der Waals surface area contributed by atoms with E-state index in [0.29, 0.717) is 5.75 Å². The van der Waals surface area contributed by atoms with Gasteiger partial charge in [-0.3, -0.25) is 9.59 Å². The number of nitrogens with one attached hydrogen (secondary N) is 1. The predicted molar refractivity (Wildman–Crippen MR) is 71.2 cm³/mol. The summed E-state index contributed by atoms with van der Waals surface area (Å²) in [5.41, 5.74) is 2.22. The largest absolute Gasteiger partial charge is 0.481 e. The maximum absolute atomic E-state index is 11.7. The van der Waals surface area contributed by atoms with E-state index in [4.69, 9.17) is 9.84 Å². The van der Waals surface area contributed by atoms with Crippen LogP contribution >= 0.6 is 0 Å². The molecule has 0 aliphatic heterocycles. The van der Waals surface area contributed by atoms with E-state index in [-0.39, 0.29) is 0 Å². The van der Waals surface area contributed by atoms with Crippen LogP contribution in [0.4, 0.5) is 0 Å². The molecule has 0 heterocycles. The average Bonchev–Trinajstić information content (AvgIpc) is 2.33. The zero-order valence-electron chi connectivity index (χ0n) is 11.6. The SMILES string of the molecule is Cc1ccc(OC(C)C(=O)NC(C)C(=O)O)cc1C. The number of rotatable bonds is 5. The molecule has 0 aliphatic carbocycles. The first kappa shape index (κ1) is 15.0. The molecule has 0 aromatic heterocycles. The molecule has 1 aromatic rings. The molecule has 0 fully saturated rings. The second-order valence-corrected chi connectivity index (χ2v) is 4.57. The molecule has 5 heteroatoms. The standard InChI is InChI=1S/C14H19NO4/c1-8-5-6-12(7-9(8)2)19-11(4)13(16)15-10(3)14(17)18/h5-7,10-11H,1-4H3,(H,15,16)(H,17,18). The molecule has 1 amide bonds. The van der Waals surface area contributed by atoms with Crippen LogP contribution in [0.25, 0.3) is 0 Å². The van der Waals surface area contributed by atoms with Crippen LogP contribution in [0.3, 0.4) is 0 Å². The Morgan fingerprint density at radius 1 is 1.21 bits per heavy atom. The first-order valence-corrected chi connectivity index (χ1v) is 6.08. The Labute approximate surface area is 112 Å². The van der Waals surface area contributed by atoms with Crippen LogP contribution in [0.5, 0.6) is 5.75 Å². The van der Waals surface area contributed by atoms with Crippen molar-refractivity contribution < 1.29 is 19.4 Å². The van der Waals surface area contributed by atoms with Crippen molar-refractivity contribution in [2.75, 3.05) is 0 Å². The average molecular weight is 265 g/mol. The number of hydrogen-bond donors (Lipinski definition) is 2. The van der Waals surface area contributed by atoms with Crippen LogP contribution in [0.15, 0.2) is 18.2 Å². The Kier molecular flexibility index (Phi) is 4.92. The van der Waals surface area contributed by atoms with Gasteiger partial charge in [0.2, 0.25) is 0 Å². The van der Waals surface area contributed by atoms with Gasteiger partial charge in [0.1, 0.15) is 11.8 Å². The first-order valence-electron chi connectivity index (χ1n) is 6.08. The van der Waals surface area contributed by atoms with Gasteiger partial charge >= 0.3 is 5.97 Å². The van der Waals surface area contributed by atoms with Crippen LogP contribution in [0, 0.1) is 13.8 Å². The van der Waals surface area contributed by atoms with Gasteiger partial charge < -0.3 is 15.2 Å². The summed E-state index contributed by atoms with van der Waals surface area (Å²) >= 11 is 0. The van der Waals surface area contributed by atoms with Crippen molar-refractivity contribution >= 4 is 11.9 Å². The molecule has 0 saturated carbocycles. The van der Waals surface area contributed by atoms with Crippen LogP contribution in [-0.4, -0.2) is 29.1 Å². The molecule has 0 spiro atoms. The fourth-order valence-corrected chi connectivity index (χ4v) is 1.44. The number of amides is 1. The Bertz CT molecular complexity index is 484. The number of hydrogen-bond acceptors (Lipinski definition) is 3. The van der Waals surface area contributed by atoms with Gasteiger partial charge in [-0.15, -0.1) is 0 Å². The second kappa shape index (κ2) is 6.22. The van der Waals surface area contributed by atoms with Gasteiger partial charge in [-0.25, -0.2) is 0 Å². The minimum absolute atomic E-state index is 0.451. The summed E-state index contributed by atoms with van der Waals surface area (Å²) in [5, 5.41) is 11.1. The summed E-state index contributed by atoms with van der Waals surface area (Å²) in [6.07, 6.45) is -0.746. The van der Waals surface area contributed by atoms with E-state index in [1.165, 1.54) is 6.92 Å². The normalized spacial score (nSPS) is 13.5. The third-order valence-electron chi connectivity index (χ3n) is 2.89. The number of carboxylic acid groups (broad SMARTS) is 1. The minimum atomic E-state index is -1.08. The number of carbonyl (C=O) groups excluding carboxylic acids is 1. The molecule has 104 valence electrons. The lowest BCUT2D eigenvalue weighted by Crippen LogP contribution is -2.44. The molecule has 1 rings (SSSR count). The molecule has 2 N–H and O–H groups in total. The highest BCUT2D eigenvalue weighted by atomic mass is 16.5. The molecule has 2 unspecified atom stereocenters. The molecular weight excluding hydrogens is 246 g/mol. The summed E-state index contributed by atoms with van der Waals surface area (Å²) < 4.78 is 5.49. The Morgan fingerprint density at radius 2 is 1.84 bits per heavy atom. The van der Waals surface area contributed by atoms with E-state index in [1.54, 1.807) is 13.0 Å². The maximum atomic E-state index is 11.7. The van der Waals surface area contributed by atoms with Crippen molar-refractivity contribution in [3.05, 3.63) is 29.3 Å². The van der Waals surface area contributed by atoms with E-state index >= 15 is 0 Å². The van der Waals surface area contributed by atoms with Crippen LogP contribution < -0.4 is 10.1 Å². The smallest absolute Gasteiger partial charge is 0.325 e. The molecule has 0 radical (unpaired) electrons. The van der Waals surface area contributed by atoms with Crippen molar-refractivity contribution in [1.82, 2.24) is 5.32 Å². The molecule has 0 aliphatic rings. The Hall–Kier alpha value is -2.04. The van der Waals surface area contributed by atoms with E-state index in [2.05, 4.69) is 5.32 Å². The molecule has 0 bridgehead atoms. The summed E-state index contributed by atoms with van der Waals surface area (Å²) in [4.78, 5) is 22.4. The number of aryl methyl sites for hydroxylation is 2. The summed E-state index contributed by atoms with van der Waals surface area (Å²) in [7, 11) is 0. The van der Waals surface area contributed by atoms with Crippen LogP contribution in [0.1, 0.15) is 25.0 Å². The first-order chi connectivity index (χ1) is 8.81. The van der Waals surface area contributed by atoms with E-state index in [0.717, 1.165) is 11.1 Å². The molecule has 19 heavy (non-hydrogen) atoms. The number of benzene rings is 1. The zero-order chi connectivity index (χ0) is 14.6. The van der Waals surface area contributed by atoms with Crippen molar-refractivity contribution in [3.63, 3.8) is 0 Å². The third-order valence-corrected chi connectivity index (χ3v) is 2.89. The second-order valence-electron chi connectivity index (χ2n) is 4.57. The van der Waals surface area contributed by atoms with Gasteiger partial charge in [-0.2, -0.15) is 0 Å². The lowest BCUT2D eigenvalue weighted by molar-refractivity contribution is -0.142. The molecule has 1 aromatic carbocycles. The van der Waals surface area contributed by atoms with E-state index in [1.807, 2.05) is 26.0 Å². The highest BCUT2D eigenvalue weighted by molar-refractivity contribution is 5.86.